The average molecular weight is 259 g/mol. The highest BCUT2D eigenvalue weighted by molar-refractivity contribution is 5.68. The molecule has 0 spiro atoms. The van der Waals surface area contributed by atoms with Crippen LogP contribution in [0, 0.1) is 13.8 Å². The van der Waals surface area contributed by atoms with E-state index in [0.717, 1.165) is 17.0 Å². The van der Waals surface area contributed by atoms with E-state index in [1.165, 1.54) is 16.7 Å². The summed E-state index contributed by atoms with van der Waals surface area (Å²) >= 11 is 0. The van der Waals surface area contributed by atoms with E-state index in [-0.39, 0.29) is 0 Å². The van der Waals surface area contributed by atoms with E-state index in [0.29, 0.717) is 0 Å². The maximum absolute atomic E-state index is 4.65. The van der Waals surface area contributed by atoms with Gasteiger partial charge in [-0.25, -0.2) is 0 Å². The molecule has 0 unspecified atom stereocenters. The van der Waals surface area contributed by atoms with Crippen molar-refractivity contribution >= 4 is 0 Å². The quantitative estimate of drug-likeness (QED) is 0.628. The van der Waals surface area contributed by atoms with Gasteiger partial charge in [-0.05, 0) is 36.6 Å². The fourth-order valence-electron chi connectivity index (χ4n) is 2.26. The van der Waals surface area contributed by atoms with E-state index in [1.807, 2.05) is 6.07 Å². The van der Waals surface area contributed by atoms with Crippen LogP contribution in [0.15, 0.2) is 66.7 Å². The average Bonchev–Trinajstić information content (AvgIpc) is 2.51. The molecule has 1 heteroatoms. The lowest BCUT2D eigenvalue weighted by Crippen LogP contribution is -1.90. The summed E-state index contributed by atoms with van der Waals surface area (Å²) in [7, 11) is 0. The van der Waals surface area contributed by atoms with Gasteiger partial charge in [0.15, 0.2) is 0 Å². The fraction of sp³-hybridized carbons (Fsp3) is 0.105. The largest absolute Gasteiger partial charge is 0.253 e. The van der Waals surface area contributed by atoms with Crippen LogP contribution in [-0.2, 0) is 0 Å². The monoisotopic (exact) mass is 259 g/mol. The normalized spacial score (nSPS) is 10.5. The molecule has 0 aliphatic heterocycles. The van der Waals surface area contributed by atoms with Crippen molar-refractivity contribution < 1.29 is 0 Å². The Hall–Kier alpha value is -2.41. The maximum atomic E-state index is 4.65. The molecule has 0 radical (unpaired) electrons. The number of benzene rings is 2. The highest BCUT2D eigenvalue weighted by Gasteiger charge is 2.02. The molecule has 0 aliphatic rings. The van der Waals surface area contributed by atoms with E-state index in [1.54, 1.807) is 0 Å². The second kappa shape index (κ2) is 5.30. The Kier molecular flexibility index (Phi) is 3.34. The summed E-state index contributed by atoms with van der Waals surface area (Å²) < 4.78 is 0. The summed E-state index contributed by atoms with van der Waals surface area (Å²) in [6, 6.07) is 23.2. The van der Waals surface area contributed by atoms with E-state index in [4.69, 9.17) is 0 Å². The molecular weight excluding hydrogens is 242 g/mol. The van der Waals surface area contributed by atoms with Crippen LogP contribution in [0.2, 0.25) is 0 Å². The number of nitrogens with zero attached hydrogens (tertiary/aromatic N) is 1. The van der Waals surface area contributed by atoms with Crippen LogP contribution in [0.3, 0.4) is 0 Å². The van der Waals surface area contributed by atoms with E-state index < -0.39 is 0 Å². The molecule has 98 valence electrons. The van der Waals surface area contributed by atoms with Gasteiger partial charge >= 0.3 is 0 Å². The van der Waals surface area contributed by atoms with E-state index >= 15 is 0 Å². The smallest absolute Gasteiger partial charge is 0.0705 e. The molecule has 0 aliphatic carbocycles. The highest BCUT2D eigenvalue weighted by Crippen LogP contribution is 2.24. The lowest BCUT2D eigenvalue weighted by atomic mass is 10.0. The van der Waals surface area contributed by atoms with Gasteiger partial charge in [-0.1, -0.05) is 60.7 Å². The molecule has 1 heterocycles. The topological polar surface area (TPSA) is 12.9 Å². The third kappa shape index (κ3) is 2.48. The molecule has 20 heavy (non-hydrogen) atoms. The molecule has 0 amide bonds. The van der Waals surface area contributed by atoms with Gasteiger partial charge in [-0.15, -0.1) is 0 Å². The molecule has 3 aromatic rings. The lowest BCUT2D eigenvalue weighted by Gasteiger charge is -2.06. The minimum Gasteiger partial charge on any atom is -0.253 e. The molecule has 3 rings (SSSR count). The van der Waals surface area contributed by atoms with Gasteiger partial charge in [-0.3, -0.25) is 4.98 Å². The van der Waals surface area contributed by atoms with Crippen molar-refractivity contribution in [1.82, 2.24) is 4.98 Å². The van der Waals surface area contributed by atoms with Crippen molar-refractivity contribution in [3.05, 3.63) is 78.0 Å². The Morgan fingerprint density at radius 2 is 1.20 bits per heavy atom. The first-order valence-corrected chi connectivity index (χ1v) is 6.84. The summed E-state index contributed by atoms with van der Waals surface area (Å²) in [4.78, 5) is 4.65. The summed E-state index contributed by atoms with van der Waals surface area (Å²) in [5, 5.41) is 0. The van der Waals surface area contributed by atoms with Crippen LogP contribution in [0.4, 0.5) is 0 Å². The Bertz CT molecular complexity index is 713. The Labute approximate surface area is 119 Å². The van der Waals surface area contributed by atoms with Crippen LogP contribution >= 0.6 is 0 Å². The highest BCUT2D eigenvalue weighted by atomic mass is 14.7. The Morgan fingerprint density at radius 3 is 1.85 bits per heavy atom. The second-order valence-corrected chi connectivity index (χ2v) is 5.04. The van der Waals surface area contributed by atoms with Crippen molar-refractivity contribution in [2.75, 3.05) is 0 Å². The van der Waals surface area contributed by atoms with Crippen LogP contribution in [0.25, 0.3) is 22.4 Å². The number of aryl methyl sites for hydroxylation is 2. The first-order chi connectivity index (χ1) is 9.74. The summed E-state index contributed by atoms with van der Waals surface area (Å²) in [5.41, 5.74) is 7.00. The van der Waals surface area contributed by atoms with Crippen molar-refractivity contribution in [2.45, 2.75) is 13.8 Å². The minimum absolute atomic E-state index is 1.03. The van der Waals surface area contributed by atoms with Gasteiger partial charge < -0.3 is 0 Å². The number of hydrogen-bond donors (Lipinski definition) is 0. The third-order valence-corrected chi connectivity index (χ3v) is 3.64. The van der Waals surface area contributed by atoms with Crippen LogP contribution < -0.4 is 0 Å². The van der Waals surface area contributed by atoms with Gasteiger partial charge in [0, 0.05) is 11.3 Å². The summed E-state index contributed by atoms with van der Waals surface area (Å²) in [6.45, 7) is 4.14. The van der Waals surface area contributed by atoms with Crippen molar-refractivity contribution in [3.8, 4) is 22.4 Å². The standard InChI is InChI=1S/C19H17N/c1-14-8-13-19(20-15(14)2)18-11-9-17(10-12-18)16-6-4-3-5-7-16/h3-13H,1-2H3. The first kappa shape index (κ1) is 12.6. The van der Waals surface area contributed by atoms with Crippen molar-refractivity contribution in [2.24, 2.45) is 0 Å². The van der Waals surface area contributed by atoms with Crippen LogP contribution in [-0.4, -0.2) is 4.98 Å². The van der Waals surface area contributed by atoms with Gasteiger partial charge in [0.1, 0.15) is 0 Å². The third-order valence-electron chi connectivity index (χ3n) is 3.64. The molecule has 0 saturated carbocycles. The molecule has 0 fully saturated rings. The summed E-state index contributed by atoms with van der Waals surface area (Å²) in [5.74, 6) is 0. The summed E-state index contributed by atoms with van der Waals surface area (Å²) in [6.07, 6.45) is 0. The predicted molar refractivity (Wildman–Crippen MR) is 84.6 cm³/mol. The number of rotatable bonds is 2. The zero-order valence-corrected chi connectivity index (χ0v) is 11.8. The fourth-order valence-corrected chi connectivity index (χ4v) is 2.26. The van der Waals surface area contributed by atoms with Crippen molar-refractivity contribution in [1.29, 1.82) is 0 Å². The molecule has 2 aromatic carbocycles. The van der Waals surface area contributed by atoms with Gasteiger partial charge in [0.05, 0.1) is 5.69 Å². The SMILES string of the molecule is Cc1ccc(-c2ccc(-c3ccccc3)cc2)nc1C. The van der Waals surface area contributed by atoms with Crippen LogP contribution in [0.1, 0.15) is 11.3 Å². The zero-order valence-electron chi connectivity index (χ0n) is 11.8. The molecule has 0 bridgehead atoms. The van der Waals surface area contributed by atoms with Crippen molar-refractivity contribution in [3.63, 3.8) is 0 Å². The van der Waals surface area contributed by atoms with E-state index in [2.05, 4.69) is 79.5 Å². The van der Waals surface area contributed by atoms with E-state index in [9.17, 15) is 0 Å². The zero-order chi connectivity index (χ0) is 13.9. The predicted octanol–water partition coefficient (Wildman–Crippen LogP) is 5.03. The number of hydrogen-bond acceptors (Lipinski definition) is 1. The molecule has 1 aromatic heterocycles. The molecule has 0 N–H and O–H groups in total. The Balaban J connectivity index is 1.95. The molecule has 1 nitrogen and oxygen atoms in total. The number of aromatic nitrogens is 1. The Morgan fingerprint density at radius 1 is 0.600 bits per heavy atom. The molecular formula is C19H17N. The minimum atomic E-state index is 1.03. The van der Waals surface area contributed by atoms with Gasteiger partial charge in [0.2, 0.25) is 0 Å². The number of pyridine rings is 1. The molecule has 0 saturated heterocycles. The second-order valence-electron chi connectivity index (χ2n) is 5.04. The van der Waals surface area contributed by atoms with Gasteiger partial charge in [0.25, 0.3) is 0 Å². The van der Waals surface area contributed by atoms with Crippen LogP contribution in [0.5, 0.6) is 0 Å². The first-order valence-electron chi connectivity index (χ1n) is 6.84. The molecule has 0 atom stereocenters. The van der Waals surface area contributed by atoms with Gasteiger partial charge in [-0.2, -0.15) is 0 Å². The lowest BCUT2D eigenvalue weighted by molar-refractivity contribution is 1.15. The maximum Gasteiger partial charge on any atom is 0.0705 e.